The molecular weight excluding hydrogens is 322 g/mol. The molecule has 0 N–H and O–H groups in total. The minimum Gasteiger partial charge on any atom is -0.490 e. The summed E-state index contributed by atoms with van der Waals surface area (Å²) in [5.41, 5.74) is 1.75. The Kier molecular flexibility index (Phi) is 4.52. The molecule has 0 saturated heterocycles. The smallest absolute Gasteiger partial charge is 0.338 e. The lowest BCUT2D eigenvalue weighted by atomic mass is 10.1. The van der Waals surface area contributed by atoms with Crippen molar-refractivity contribution < 1.29 is 23.9 Å². The molecule has 0 spiro atoms. The second kappa shape index (κ2) is 6.76. The Labute approximate surface area is 145 Å². The minimum absolute atomic E-state index is 0.0804. The average Bonchev–Trinajstić information content (AvgIpc) is 2.84. The number of benzene rings is 2. The predicted octanol–water partition coefficient (Wildman–Crippen LogP) is 2.46. The summed E-state index contributed by atoms with van der Waals surface area (Å²) in [6.07, 6.45) is 0. The largest absolute Gasteiger partial charge is 0.490 e. The van der Waals surface area contributed by atoms with E-state index < -0.39 is 11.9 Å². The van der Waals surface area contributed by atoms with E-state index in [-0.39, 0.29) is 30.2 Å². The molecule has 1 aliphatic heterocycles. The number of hydrogen-bond acceptors (Lipinski definition) is 5. The SMILES string of the molecule is Cc1ccccc1OCCOC(=O)c1ccc2c(c1)C(=O)N(C)C2=O. The molecule has 0 bridgehead atoms. The van der Waals surface area contributed by atoms with E-state index in [0.717, 1.165) is 16.2 Å². The third-order valence-corrected chi connectivity index (χ3v) is 3.99. The summed E-state index contributed by atoms with van der Waals surface area (Å²) in [6.45, 7) is 2.24. The third-order valence-electron chi connectivity index (χ3n) is 3.99. The molecule has 2 amide bonds. The van der Waals surface area contributed by atoms with Crippen LogP contribution >= 0.6 is 0 Å². The van der Waals surface area contributed by atoms with Crippen LogP contribution in [0, 0.1) is 6.92 Å². The molecular formula is C19H17NO5. The molecule has 0 atom stereocenters. The van der Waals surface area contributed by atoms with Crippen molar-refractivity contribution in [2.75, 3.05) is 20.3 Å². The van der Waals surface area contributed by atoms with E-state index in [1.54, 1.807) is 0 Å². The highest BCUT2D eigenvalue weighted by Gasteiger charge is 2.33. The summed E-state index contributed by atoms with van der Waals surface area (Å²) < 4.78 is 10.7. The lowest BCUT2D eigenvalue weighted by molar-refractivity contribution is 0.0450. The zero-order valence-electron chi connectivity index (χ0n) is 13.9. The van der Waals surface area contributed by atoms with Gasteiger partial charge in [0.25, 0.3) is 11.8 Å². The monoisotopic (exact) mass is 339 g/mol. The maximum absolute atomic E-state index is 12.1. The highest BCUT2D eigenvalue weighted by atomic mass is 16.6. The van der Waals surface area contributed by atoms with Crippen LogP contribution < -0.4 is 4.74 Å². The fourth-order valence-electron chi connectivity index (χ4n) is 2.58. The molecule has 128 valence electrons. The van der Waals surface area contributed by atoms with Crippen LogP contribution in [0.2, 0.25) is 0 Å². The number of esters is 1. The van der Waals surface area contributed by atoms with Gasteiger partial charge in [-0.2, -0.15) is 0 Å². The Bertz CT molecular complexity index is 859. The van der Waals surface area contributed by atoms with Crippen LogP contribution in [0.5, 0.6) is 5.75 Å². The lowest BCUT2D eigenvalue weighted by Gasteiger charge is -2.09. The van der Waals surface area contributed by atoms with Gasteiger partial charge in [-0.15, -0.1) is 0 Å². The van der Waals surface area contributed by atoms with E-state index in [9.17, 15) is 14.4 Å². The molecule has 6 heteroatoms. The van der Waals surface area contributed by atoms with Gasteiger partial charge in [0.15, 0.2) is 0 Å². The van der Waals surface area contributed by atoms with Gasteiger partial charge in [0, 0.05) is 7.05 Å². The van der Waals surface area contributed by atoms with Gasteiger partial charge < -0.3 is 9.47 Å². The van der Waals surface area contributed by atoms with Crippen molar-refractivity contribution in [3.63, 3.8) is 0 Å². The summed E-state index contributed by atoms with van der Waals surface area (Å²) in [5, 5.41) is 0. The number of nitrogens with zero attached hydrogens (tertiary/aromatic N) is 1. The number of carbonyl (C=O) groups excluding carboxylic acids is 3. The minimum atomic E-state index is -0.564. The van der Waals surface area contributed by atoms with Gasteiger partial charge in [-0.1, -0.05) is 18.2 Å². The molecule has 0 saturated carbocycles. The molecule has 3 rings (SSSR count). The van der Waals surface area contributed by atoms with Crippen molar-refractivity contribution >= 4 is 17.8 Å². The number of ether oxygens (including phenoxy) is 2. The van der Waals surface area contributed by atoms with Crippen molar-refractivity contribution in [2.24, 2.45) is 0 Å². The lowest BCUT2D eigenvalue weighted by Crippen LogP contribution is -2.24. The van der Waals surface area contributed by atoms with E-state index in [1.165, 1.54) is 25.2 Å². The van der Waals surface area contributed by atoms with Crippen LogP contribution in [0.25, 0.3) is 0 Å². The number of carbonyl (C=O) groups is 3. The Morgan fingerprint density at radius 2 is 1.72 bits per heavy atom. The average molecular weight is 339 g/mol. The molecule has 0 aromatic heterocycles. The predicted molar refractivity (Wildman–Crippen MR) is 89.8 cm³/mol. The van der Waals surface area contributed by atoms with E-state index in [1.807, 2.05) is 31.2 Å². The molecule has 1 heterocycles. The number of imide groups is 1. The first kappa shape index (κ1) is 16.7. The number of rotatable bonds is 5. The summed E-state index contributed by atoms with van der Waals surface area (Å²) in [6, 6.07) is 11.9. The molecule has 6 nitrogen and oxygen atoms in total. The van der Waals surface area contributed by atoms with Gasteiger partial charge >= 0.3 is 5.97 Å². The Morgan fingerprint density at radius 1 is 1.00 bits per heavy atom. The maximum atomic E-state index is 12.1. The standard InChI is InChI=1S/C19H17NO5/c1-12-5-3-4-6-16(12)24-9-10-25-19(23)13-7-8-14-15(11-13)18(22)20(2)17(14)21/h3-8,11H,9-10H2,1-2H3. The van der Waals surface area contributed by atoms with Crippen LogP contribution in [0.4, 0.5) is 0 Å². The first-order chi connectivity index (χ1) is 12.0. The maximum Gasteiger partial charge on any atom is 0.338 e. The first-order valence-corrected chi connectivity index (χ1v) is 7.81. The molecule has 0 unspecified atom stereocenters. The topological polar surface area (TPSA) is 72.9 Å². The van der Waals surface area contributed by atoms with Gasteiger partial charge in [-0.3, -0.25) is 14.5 Å². The number of fused-ring (bicyclic) bond motifs is 1. The zero-order valence-corrected chi connectivity index (χ0v) is 13.9. The van der Waals surface area contributed by atoms with E-state index in [0.29, 0.717) is 5.56 Å². The van der Waals surface area contributed by atoms with Crippen LogP contribution in [-0.4, -0.2) is 42.9 Å². The van der Waals surface area contributed by atoms with Crippen LogP contribution in [0.15, 0.2) is 42.5 Å². The van der Waals surface area contributed by atoms with Crippen LogP contribution in [0.3, 0.4) is 0 Å². The number of para-hydroxylation sites is 1. The normalized spacial score (nSPS) is 13.0. The summed E-state index contributed by atoms with van der Waals surface area (Å²) in [5.74, 6) is -0.613. The highest BCUT2D eigenvalue weighted by molar-refractivity contribution is 6.21. The summed E-state index contributed by atoms with van der Waals surface area (Å²) in [4.78, 5) is 36.9. The first-order valence-electron chi connectivity index (χ1n) is 7.81. The van der Waals surface area contributed by atoms with E-state index >= 15 is 0 Å². The summed E-state index contributed by atoms with van der Waals surface area (Å²) in [7, 11) is 1.41. The Hall–Kier alpha value is -3.15. The number of aryl methyl sites for hydroxylation is 1. The number of hydrogen-bond donors (Lipinski definition) is 0. The van der Waals surface area contributed by atoms with Gasteiger partial charge in [-0.25, -0.2) is 4.79 Å². The molecule has 1 aliphatic rings. The molecule has 25 heavy (non-hydrogen) atoms. The zero-order chi connectivity index (χ0) is 18.0. The van der Waals surface area contributed by atoms with Crippen molar-refractivity contribution in [2.45, 2.75) is 6.92 Å². The fourth-order valence-corrected chi connectivity index (χ4v) is 2.58. The van der Waals surface area contributed by atoms with Crippen molar-refractivity contribution in [3.8, 4) is 5.75 Å². The molecule has 0 aliphatic carbocycles. The van der Waals surface area contributed by atoms with Crippen LogP contribution in [0.1, 0.15) is 36.6 Å². The van der Waals surface area contributed by atoms with Gasteiger partial charge in [0.2, 0.25) is 0 Å². The Balaban J connectivity index is 1.59. The molecule has 2 aromatic rings. The van der Waals surface area contributed by atoms with Crippen molar-refractivity contribution in [1.29, 1.82) is 0 Å². The highest BCUT2D eigenvalue weighted by Crippen LogP contribution is 2.23. The fraction of sp³-hybridized carbons (Fsp3) is 0.211. The van der Waals surface area contributed by atoms with Crippen LogP contribution in [-0.2, 0) is 4.74 Å². The van der Waals surface area contributed by atoms with Gasteiger partial charge in [0.05, 0.1) is 16.7 Å². The summed E-state index contributed by atoms with van der Waals surface area (Å²) >= 11 is 0. The van der Waals surface area contributed by atoms with E-state index in [4.69, 9.17) is 9.47 Å². The van der Waals surface area contributed by atoms with Gasteiger partial charge in [0.1, 0.15) is 19.0 Å². The third kappa shape index (κ3) is 3.24. The Morgan fingerprint density at radius 3 is 2.48 bits per heavy atom. The molecule has 0 fully saturated rings. The second-order valence-electron chi connectivity index (χ2n) is 5.68. The van der Waals surface area contributed by atoms with Crippen molar-refractivity contribution in [1.82, 2.24) is 4.90 Å². The quantitative estimate of drug-likeness (QED) is 0.475. The molecule has 2 aromatic carbocycles. The molecule has 0 radical (unpaired) electrons. The van der Waals surface area contributed by atoms with Gasteiger partial charge in [-0.05, 0) is 36.8 Å². The number of amides is 2. The second-order valence-corrected chi connectivity index (χ2v) is 5.68. The van der Waals surface area contributed by atoms with E-state index in [2.05, 4.69) is 0 Å². The van der Waals surface area contributed by atoms with Crippen molar-refractivity contribution in [3.05, 3.63) is 64.7 Å².